The summed E-state index contributed by atoms with van der Waals surface area (Å²) in [6.07, 6.45) is 1.08. The van der Waals surface area contributed by atoms with Crippen LogP contribution in [0.4, 0.5) is 0 Å². The molecule has 7 N–H and O–H groups in total. The smallest absolute Gasteiger partial charge is 0.255 e. The quantitative estimate of drug-likeness (QED) is 0.236. The molecule has 0 unspecified atom stereocenters. The number of rotatable bonds is 9. The molecule has 5 rings (SSSR count). The Labute approximate surface area is 247 Å². The van der Waals surface area contributed by atoms with Crippen LogP contribution in [0.5, 0.6) is 11.5 Å². The number of aliphatic hydroxyl groups is 3. The molecule has 0 spiro atoms. The number of carbonyl (C=O) groups is 4. The fourth-order valence-electron chi connectivity index (χ4n) is 6.66. The highest BCUT2D eigenvalue weighted by Crippen LogP contribution is 2.53. The van der Waals surface area contributed by atoms with E-state index >= 15 is 0 Å². The number of primary amides is 1. The number of methoxy groups -OCH3 is 1. The zero-order chi connectivity index (χ0) is 31.2. The van der Waals surface area contributed by atoms with E-state index in [2.05, 4.69) is 5.32 Å². The molecule has 3 aliphatic rings. The third kappa shape index (κ3) is 4.88. The lowest BCUT2D eigenvalue weighted by molar-refractivity contribution is -0.147. The fourth-order valence-corrected chi connectivity index (χ4v) is 6.66. The molecule has 11 nitrogen and oxygen atoms in total. The summed E-state index contributed by atoms with van der Waals surface area (Å²) in [6, 6.07) is 8.60. The summed E-state index contributed by atoms with van der Waals surface area (Å²) in [4.78, 5) is 50.2. The van der Waals surface area contributed by atoms with Gasteiger partial charge >= 0.3 is 0 Å². The van der Waals surface area contributed by atoms with Crippen LogP contribution in [-0.2, 0) is 32.1 Å². The maximum atomic E-state index is 13.8. The number of Topliss-reactive ketones (excluding diaryl/α,β-unsaturated/α-hetero) is 3. The van der Waals surface area contributed by atoms with Gasteiger partial charge in [-0.25, -0.2) is 0 Å². The highest BCUT2D eigenvalue weighted by molar-refractivity contribution is 6.22. The first-order valence-corrected chi connectivity index (χ1v) is 14.2. The van der Waals surface area contributed by atoms with Gasteiger partial charge in [0.25, 0.3) is 5.91 Å². The number of ether oxygens (including phenoxy) is 1. The lowest BCUT2D eigenvalue weighted by Gasteiger charge is -2.46. The normalized spacial score (nSPS) is 23.0. The molecule has 1 saturated carbocycles. The second-order valence-electron chi connectivity index (χ2n) is 11.3. The lowest BCUT2D eigenvalue weighted by Crippen LogP contribution is -2.58. The Hall–Kier alpha value is -4.48. The molecule has 0 heterocycles. The van der Waals surface area contributed by atoms with E-state index in [1.54, 1.807) is 12.1 Å². The van der Waals surface area contributed by atoms with Crippen molar-refractivity contribution in [3.8, 4) is 22.6 Å². The molecule has 1 amide bonds. The maximum absolute atomic E-state index is 13.8. The van der Waals surface area contributed by atoms with Gasteiger partial charge in [0.2, 0.25) is 5.78 Å². The number of phenolic OH excluding ortho intramolecular Hbond substituents is 1. The van der Waals surface area contributed by atoms with Crippen LogP contribution in [0.3, 0.4) is 0 Å². The van der Waals surface area contributed by atoms with E-state index in [0.717, 1.165) is 12.0 Å². The Balaban J connectivity index is 1.59. The van der Waals surface area contributed by atoms with E-state index in [0.29, 0.717) is 35.4 Å². The molecule has 11 heteroatoms. The van der Waals surface area contributed by atoms with E-state index in [1.165, 1.54) is 13.2 Å². The van der Waals surface area contributed by atoms with Gasteiger partial charge in [-0.05, 0) is 60.1 Å². The predicted molar refractivity (Wildman–Crippen MR) is 155 cm³/mol. The summed E-state index contributed by atoms with van der Waals surface area (Å²) in [6.45, 7) is 2.60. The standard InChI is InChI=1S/C32H34N2O9/c1-3-4-18(35)14-34-13-15-5-8-24(43-2)20(9-15)19-6-7-22(36)26-21(19)11-16-10-17-12-23(37)27(31(33)41)30(40)32(17,42)29(39)25(16)28(26)38/h5-9,16-17,34,36,38,40,42H,3-4,10-14H2,1-2H3,(H2,33,41)/t16-,17+,32+/m1/s1. The Kier molecular flexibility index (Phi) is 7.89. The van der Waals surface area contributed by atoms with Gasteiger partial charge in [-0.1, -0.05) is 19.1 Å². The first kappa shape index (κ1) is 30.0. The number of amides is 1. The molecule has 0 radical (unpaired) electrons. The maximum Gasteiger partial charge on any atom is 0.255 e. The number of ketones is 3. The van der Waals surface area contributed by atoms with Gasteiger partial charge in [-0.3, -0.25) is 19.2 Å². The van der Waals surface area contributed by atoms with E-state index in [4.69, 9.17) is 10.5 Å². The van der Waals surface area contributed by atoms with Gasteiger partial charge in [0.1, 0.15) is 34.4 Å². The van der Waals surface area contributed by atoms with Crippen LogP contribution < -0.4 is 15.8 Å². The van der Waals surface area contributed by atoms with E-state index in [-0.39, 0.29) is 42.1 Å². The summed E-state index contributed by atoms with van der Waals surface area (Å²) in [5, 5.41) is 47.6. The Morgan fingerprint density at radius 2 is 1.84 bits per heavy atom. The van der Waals surface area contributed by atoms with Crippen molar-refractivity contribution in [2.45, 2.75) is 51.2 Å². The van der Waals surface area contributed by atoms with E-state index in [1.807, 2.05) is 19.1 Å². The van der Waals surface area contributed by atoms with Crippen LogP contribution in [0.2, 0.25) is 0 Å². The molecular weight excluding hydrogens is 556 g/mol. The summed E-state index contributed by atoms with van der Waals surface area (Å²) >= 11 is 0. The van der Waals surface area contributed by atoms with Crippen molar-refractivity contribution >= 4 is 29.0 Å². The highest BCUT2D eigenvalue weighted by atomic mass is 16.5. The number of benzene rings is 2. The second kappa shape index (κ2) is 11.3. The predicted octanol–water partition coefficient (Wildman–Crippen LogP) is 2.56. The third-order valence-electron chi connectivity index (χ3n) is 8.68. The SMILES string of the molecule is CCCC(=O)CNCc1ccc(OC)c(-c2ccc(O)c3c2C[C@H]2C[C@H]4CC(=O)C(C(N)=O)=C(O)[C@@]4(O)C(=O)C2=C3O)c1. The minimum Gasteiger partial charge on any atom is -0.508 e. The molecule has 2 aromatic carbocycles. The molecule has 3 aliphatic carbocycles. The average molecular weight is 591 g/mol. The van der Waals surface area contributed by atoms with Crippen LogP contribution in [0.25, 0.3) is 16.9 Å². The Morgan fingerprint density at radius 3 is 2.51 bits per heavy atom. The largest absolute Gasteiger partial charge is 0.508 e. The van der Waals surface area contributed by atoms with Gasteiger partial charge in [-0.15, -0.1) is 0 Å². The van der Waals surface area contributed by atoms with Gasteiger partial charge in [0.05, 0.1) is 19.2 Å². The van der Waals surface area contributed by atoms with Crippen LogP contribution in [0, 0.1) is 11.8 Å². The number of phenols is 1. The van der Waals surface area contributed by atoms with Crippen molar-refractivity contribution in [1.29, 1.82) is 0 Å². The van der Waals surface area contributed by atoms with Crippen molar-refractivity contribution in [1.82, 2.24) is 5.32 Å². The van der Waals surface area contributed by atoms with Crippen molar-refractivity contribution in [2.75, 3.05) is 13.7 Å². The first-order valence-electron chi connectivity index (χ1n) is 14.2. The third-order valence-corrected chi connectivity index (χ3v) is 8.68. The number of nitrogens with two attached hydrogens (primary N) is 1. The van der Waals surface area contributed by atoms with E-state index < -0.39 is 58.4 Å². The minimum absolute atomic E-state index is 0.000346. The molecule has 43 heavy (non-hydrogen) atoms. The van der Waals surface area contributed by atoms with E-state index in [9.17, 15) is 39.6 Å². The van der Waals surface area contributed by atoms with Gasteiger partial charge in [0.15, 0.2) is 11.4 Å². The number of fused-ring (bicyclic) bond motifs is 3. The molecule has 3 atom stereocenters. The summed E-state index contributed by atoms with van der Waals surface area (Å²) < 4.78 is 5.63. The number of aliphatic hydroxyl groups excluding tert-OH is 2. The van der Waals surface area contributed by atoms with Crippen LogP contribution >= 0.6 is 0 Å². The second-order valence-corrected chi connectivity index (χ2v) is 11.3. The molecule has 0 saturated heterocycles. The zero-order valence-electron chi connectivity index (χ0n) is 23.9. The molecule has 0 bridgehead atoms. The lowest BCUT2D eigenvalue weighted by atomic mass is 9.59. The van der Waals surface area contributed by atoms with Crippen molar-refractivity contribution in [3.05, 3.63) is 63.9 Å². The first-order chi connectivity index (χ1) is 20.4. The van der Waals surface area contributed by atoms with Crippen LogP contribution in [0.1, 0.15) is 49.3 Å². The highest BCUT2D eigenvalue weighted by Gasteiger charge is 2.60. The zero-order valence-corrected chi connectivity index (χ0v) is 23.9. The Bertz CT molecular complexity index is 1620. The van der Waals surface area contributed by atoms with Crippen LogP contribution in [0.15, 0.2) is 47.2 Å². The van der Waals surface area contributed by atoms with Crippen molar-refractivity contribution in [2.24, 2.45) is 17.6 Å². The van der Waals surface area contributed by atoms with Crippen molar-refractivity contribution in [3.63, 3.8) is 0 Å². The topological polar surface area (TPSA) is 196 Å². The number of hydrogen-bond donors (Lipinski definition) is 6. The molecular formula is C32H34N2O9. The summed E-state index contributed by atoms with van der Waals surface area (Å²) in [5.41, 5.74) is 4.29. The summed E-state index contributed by atoms with van der Waals surface area (Å²) in [5.74, 6) is -6.14. The molecule has 0 aliphatic heterocycles. The monoisotopic (exact) mass is 590 g/mol. The number of carbonyl (C=O) groups excluding carboxylic acids is 4. The number of aromatic hydroxyl groups is 1. The van der Waals surface area contributed by atoms with Gasteiger partial charge < -0.3 is 36.2 Å². The minimum atomic E-state index is -2.62. The Morgan fingerprint density at radius 1 is 1.09 bits per heavy atom. The number of nitrogens with one attached hydrogen (secondary N) is 1. The average Bonchev–Trinajstić information content (AvgIpc) is 2.95. The molecule has 2 aromatic rings. The van der Waals surface area contributed by atoms with Crippen LogP contribution in [-0.4, -0.2) is 62.9 Å². The fraction of sp³-hybridized carbons (Fsp3) is 0.375. The number of hydrogen-bond acceptors (Lipinski definition) is 10. The molecule has 226 valence electrons. The van der Waals surface area contributed by atoms with Gasteiger partial charge in [0, 0.05) is 36.4 Å². The summed E-state index contributed by atoms with van der Waals surface area (Å²) in [7, 11) is 1.52. The van der Waals surface area contributed by atoms with Crippen molar-refractivity contribution < 1.29 is 44.3 Å². The molecule has 0 aromatic heterocycles. The molecule has 1 fully saturated rings. The van der Waals surface area contributed by atoms with Gasteiger partial charge in [-0.2, -0.15) is 0 Å².